The molecule has 0 saturated carbocycles. The Kier molecular flexibility index (Phi) is 3.79. The zero-order valence-corrected chi connectivity index (χ0v) is 13.2. The van der Waals surface area contributed by atoms with Gasteiger partial charge in [0.05, 0.1) is 18.4 Å². The zero-order valence-electron chi connectivity index (χ0n) is 12.4. The summed E-state index contributed by atoms with van der Waals surface area (Å²) < 4.78 is 7.59. The van der Waals surface area contributed by atoms with Crippen molar-refractivity contribution in [2.24, 2.45) is 0 Å². The molecular formula is C15H18N4OS. The molecule has 0 radical (unpaired) electrons. The Bertz CT molecular complexity index is 718. The van der Waals surface area contributed by atoms with Gasteiger partial charge in [-0.05, 0) is 31.5 Å². The highest BCUT2D eigenvalue weighted by atomic mass is 32.1. The standard InChI is InChI=1S/C15H18N4OS/c1-11-5-4-6-13(9-11)20-8-7-18(3)15-17-19-10-12(2)16-14(19)21-15/h4-6,9-10H,7-8H2,1-3H3. The lowest BCUT2D eigenvalue weighted by atomic mass is 10.2. The van der Waals surface area contributed by atoms with Crippen LogP contribution in [0.25, 0.3) is 4.96 Å². The topological polar surface area (TPSA) is 42.7 Å². The average molecular weight is 302 g/mol. The number of aromatic nitrogens is 3. The van der Waals surface area contributed by atoms with Gasteiger partial charge in [-0.25, -0.2) is 9.50 Å². The third-order valence-electron chi connectivity index (χ3n) is 3.16. The Morgan fingerprint density at radius 2 is 2.19 bits per heavy atom. The van der Waals surface area contributed by atoms with Crippen LogP contribution >= 0.6 is 11.3 Å². The largest absolute Gasteiger partial charge is 0.492 e. The lowest BCUT2D eigenvalue weighted by molar-refractivity contribution is 0.325. The Hall–Kier alpha value is -2.08. The molecule has 6 heteroatoms. The molecule has 0 aliphatic rings. The van der Waals surface area contributed by atoms with E-state index in [0.717, 1.165) is 28.1 Å². The summed E-state index contributed by atoms with van der Waals surface area (Å²) in [4.78, 5) is 7.43. The van der Waals surface area contributed by atoms with Crippen molar-refractivity contribution < 1.29 is 4.74 Å². The molecule has 3 rings (SSSR count). The second-order valence-corrected chi connectivity index (χ2v) is 6.02. The summed E-state index contributed by atoms with van der Waals surface area (Å²) in [5.41, 5.74) is 2.20. The van der Waals surface area contributed by atoms with E-state index < -0.39 is 0 Å². The van der Waals surface area contributed by atoms with Gasteiger partial charge in [0.1, 0.15) is 12.4 Å². The van der Waals surface area contributed by atoms with Gasteiger partial charge < -0.3 is 9.64 Å². The first-order valence-corrected chi connectivity index (χ1v) is 7.67. The molecule has 0 saturated heterocycles. The number of imidazole rings is 1. The molecule has 0 fully saturated rings. The summed E-state index contributed by atoms with van der Waals surface area (Å²) in [6, 6.07) is 8.09. The number of likely N-dealkylation sites (N-methyl/N-ethyl adjacent to an activating group) is 1. The average Bonchev–Trinajstić information content (AvgIpc) is 2.96. The predicted octanol–water partition coefficient (Wildman–Crippen LogP) is 2.92. The SMILES string of the molecule is Cc1cccc(OCCN(C)c2nn3cc(C)nc3s2)c1. The van der Waals surface area contributed by atoms with Crippen molar-refractivity contribution in [3.8, 4) is 5.75 Å². The summed E-state index contributed by atoms with van der Waals surface area (Å²) in [6.45, 7) is 5.44. The molecule has 0 aliphatic carbocycles. The molecule has 0 amide bonds. The molecule has 2 aromatic heterocycles. The number of anilines is 1. The third kappa shape index (κ3) is 3.16. The monoisotopic (exact) mass is 302 g/mol. The first-order chi connectivity index (χ1) is 10.1. The highest BCUT2D eigenvalue weighted by Gasteiger charge is 2.10. The lowest BCUT2D eigenvalue weighted by Crippen LogP contribution is -2.23. The maximum atomic E-state index is 5.77. The first kappa shape index (κ1) is 13.9. The molecule has 0 N–H and O–H groups in total. The highest BCUT2D eigenvalue weighted by Crippen LogP contribution is 2.22. The molecule has 2 heterocycles. The number of ether oxygens (including phenoxy) is 1. The summed E-state index contributed by atoms with van der Waals surface area (Å²) in [5, 5.41) is 5.47. The van der Waals surface area contributed by atoms with Gasteiger partial charge in [0.25, 0.3) is 0 Å². The fraction of sp³-hybridized carbons (Fsp3) is 0.333. The third-order valence-corrected chi connectivity index (χ3v) is 4.20. The van der Waals surface area contributed by atoms with Gasteiger partial charge in [-0.2, -0.15) is 0 Å². The van der Waals surface area contributed by atoms with Crippen molar-refractivity contribution in [3.63, 3.8) is 0 Å². The predicted molar refractivity (Wildman–Crippen MR) is 85.5 cm³/mol. The van der Waals surface area contributed by atoms with E-state index in [1.54, 1.807) is 11.3 Å². The van der Waals surface area contributed by atoms with Gasteiger partial charge >= 0.3 is 0 Å². The van der Waals surface area contributed by atoms with Gasteiger partial charge in [-0.3, -0.25) is 0 Å². The van der Waals surface area contributed by atoms with Crippen molar-refractivity contribution >= 4 is 21.4 Å². The van der Waals surface area contributed by atoms with Crippen LogP contribution in [0.5, 0.6) is 5.75 Å². The van der Waals surface area contributed by atoms with Crippen LogP contribution in [0.3, 0.4) is 0 Å². The number of aryl methyl sites for hydroxylation is 2. The van der Waals surface area contributed by atoms with Crippen molar-refractivity contribution in [2.75, 3.05) is 25.1 Å². The molecular weight excluding hydrogens is 284 g/mol. The maximum absolute atomic E-state index is 5.77. The fourth-order valence-electron chi connectivity index (χ4n) is 2.05. The molecule has 0 unspecified atom stereocenters. The first-order valence-electron chi connectivity index (χ1n) is 6.85. The molecule has 3 aromatic rings. The van der Waals surface area contributed by atoms with Crippen LogP contribution in [-0.4, -0.2) is 34.8 Å². The van der Waals surface area contributed by atoms with Crippen LogP contribution in [0.1, 0.15) is 11.3 Å². The second kappa shape index (κ2) is 5.73. The van der Waals surface area contributed by atoms with Crippen LogP contribution < -0.4 is 9.64 Å². The van der Waals surface area contributed by atoms with E-state index in [0.29, 0.717) is 6.61 Å². The minimum atomic E-state index is 0.626. The Labute approximate surface area is 127 Å². The summed E-state index contributed by atoms with van der Waals surface area (Å²) in [5.74, 6) is 0.910. The number of hydrogen-bond donors (Lipinski definition) is 0. The van der Waals surface area contributed by atoms with E-state index in [2.05, 4.69) is 28.0 Å². The molecule has 0 spiro atoms. The summed E-state index contributed by atoms with van der Waals surface area (Å²) >= 11 is 1.59. The van der Waals surface area contributed by atoms with Crippen molar-refractivity contribution in [1.29, 1.82) is 0 Å². The number of rotatable bonds is 5. The number of benzene rings is 1. The lowest BCUT2D eigenvalue weighted by Gasteiger charge is -2.15. The van der Waals surface area contributed by atoms with Crippen molar-refractivity contribution in [2.45, 2.75) is 13.8 Å². The minimum Gasteiger partial charge on any atom is -0.492 e. The zero-order chi connectivity index (χ0) is 14.8. The normalized spacial score (nSPS) is 11.0. The van der Waals surface area contributed by atoms with Crippen LogP contribution in [0.2, 0.25) is 0 Å². The van der Waals surface area contributed by atoms with E-state index in [1.807, 2.05) is 42.9 Å². The van der Waals surface area contributed by atoms with Crippen LogP contribution in [0, 0.1) is 13.8 Å². The van der Waals surface area contributed by atoms with E-state index in [-0.39, 0.29) is 0 Å². The van der Waals surface area contributed by atoms with Gasteiger partial charge in [0.15, 0.2) is 0 Å². The van der Waals surface area contributed by atoms with Crippen molar-refractivity contribution in [1.82, 2.24) is 14.6 Å². The van der Waals surface area contributed by atoms with E-state index in [9.17, 15) is 0 Å². The Morgan fingerprint density at radius 1 is 1.33 bits per heavy atom. The van der Waals surface area contributed by atoms with E-state index in [1.165, 1.54) is 5.56 Å². The second-order valence-electron chi connectivity index (χ2n) is 5.08. The fourth-order valence-corrected chi connectivity index (χ4v) is 2.97. The number of fused-ring (bicyclic) bond motifs is 1. The summed E-state index contributed by atoms with van der Waals surface area (Å²) in [6.07, 6.45) is 1.94. The number of nitrogens with zero attached hydrogens (tertiary/aromatic N) is 4. The Morgan fingerprint density at radius 3 is 2.95 bits per heavy atom. The Balaban J connectivity index is 1.58. The van der Waals surface area contributed by atoms with Crippen LogP contribution in [0.4, 0.5) is 5.13 Å². The maximum Gasteiger partial charge on any atom is 0.214 e. The van der Waals surface area contributed by atoms with Gasteiger partial charge in [0.2, 0.25) is 10.1 Å². The van der Waals surface area contributed by atoms with Gasteiger partial charge in [-0.1, -0.05) is 23.5 Å². The van der Waals surface area contributed by atoms with Crippen LogP contribution in [-0.2, 0) is 0 Å². The molecule has 21 heavy (non-hydrogen) atoms. The van der Waals surface area contributed by atoms with Gasteiger partial charge in [0, 0.05) is 7.05 Å². The van der Waals surface area contributed by atoms with E-state index >= 15 is 0 Å². The summed E-state index contributed by atoms with van der Waals surface area (Å²) in [7, 11) is 2.02. The van der Waals surface area contributed by atoms with Crippen molar-refractivity contribution in [3.05, 3.63) is 41.7 Å². The number of hydrogen-bond acceptors (Lipinski definition) is 5. The molecule has 0 aliphatic heterocycles. The quantitative estimate of drug-likeness (QED) is 0.727. The van der Waals surface area contributed by atoms with E-state index in [4.69, 9.17) is 4.74 Å². The molecule has 0 bridgehead atoms. The highest BCUT2D eigenvalue weighted by molar-refractivity contribution is 7.20. The van der Waals surface area contributed by atoms with Crippen LogP contribution in [0.15, 0.2) is 30.5 Å². The molecule has 0 atom stereocenters. The molecule has 1 aromatic carbocycles. The molecule has 110 valence electrons. The smallest absolute Gasteiger partial charge is 0.214 e. The van der Waals surface area contributed by atoms with Gasteiger partial charge in [-0.15, -0.1) is 5.10 Å². The molecule has 5 nitrogen and oxygen atoms in total. The minimum absolute atomic E-state index is 0.626.